The lowest BCUT2D eigenvalue weighted by Gasteiger charge is -2.28. The maximum Gasteiger partial charge on any atom is 0.155 e. The largest absolute Gasteiger partial charge is 0.368 e. The van der Waals surface area contributed by atoms with Crippen LogP contribution in [0, 0.1) is 5.92 Å². The maximum absolute atomic E-state index is 9.03. The van der Waals surface area contributed by atoms with E-state index in [1.54, 1.807) is 0 Å². The third kappa shape index (κ3) is 1.95. The second kappa shape index (κ2) is 2.67. The summed E-state index contributed by atoms with van der Waals surface area (Å²) in [6.07, 6.45) is 1.61. The van der Waals surface area contributed by atoms with Gasteiger partial charge < -0.3 is 9.84 Å². The van der Waals surface area contributed by atoms with Crippen molar-refractivity contribution >= 4 is 0 Å². The van der Waals surface area contributed by atoms with Crippen molar-refractivity contribution < 1.29 is 9.84 Å². The highest BCUT2D eigenvalue weighted by atomic mass is 16.6. The molecule has 1 aliphatic heterocycles. The van der Waals surface area contributed by atoms with E-state index in [1.165, 1.54) is 0 Å². The predicted octanol–water partition coefficient (Wildman–Crippen LogP) is 1.14. The van der Waals surface area contributed by atoms with Crippen LogP contribution in [0.3, 0.4) is 0 Å². The van der Waals surface area contributed by atoms with E-state index in [-0.39, 0.29) is 6.10 Å². The lowest BCUT2D eigenvalue weighted by molar-refractivity contribution is -0.169. The zero-order valence-electron chi connectivity index (χ0n) is 6.00. The lowest BCUT2D eigenvalue weighted by atomic mass is 9.98. The van der Waals surface area contributed by atoms with Crippen molar-refractivity contribution in [2.75, 3.05) is 0 Å². The zero-order valence-corrected chi connectivity index (χ0v) is 6.00. The maximum atomic E-state index is 9.03. The molecule has 1 fully saturated rings. The van der Waals surface area contributed by atoms with Crippen molar-refractivity contribution in [3.63, 3.8) is 0 Å². The van der Waals surface area contributed by atoms with Crippen molar-refractivity contribution in [1.82, 2.24) is 0 Å². The van der Waals surface area contributed by atoms with Crippen molar-refractivity contribution in [1.29, 1.82) is 0 Å². The third-order valence-corrected chi connectivity index (χ3v) is 1.73. The van der Waals surface area contributed by atoms with Crippen LogP contribution in [-0.2, 0) is 4.74 Å². The summed E-state index contributed by atoms with van der Waals surface area (Å²) in [7, 11) is 0. The van der Waals surface area contributed by atoms with Crippen LogP contribution in [0.15, 0.2) is 0 Å². The molecule has 0 radical (unpaired) electrons. The first-order chi connectivity index (χ1) is 4.18. The average Bonchev–Trinajstić information content (AvgIpc) is 1.59. The monoisotopic (exact) mass is 130 g/mol. The highest BCUT2D eigenvalue weighted by Crippen LogP contribution is 2.22. The fraction of sp³-hybridized carbons (Fsp3) is 1.00. The summed E-state index contributed by atoms with van der Waals surface area (Å²) >= 11 is 0. The molecule has 0 aromatic carbocycles. The number of aliphatic hydroxyl groups is 1. The van der Waals surface area contributed by atoms with Gasteiger partial charge in [0.2, 0.25) is 0 Å². The summed E-state index contributed by atoms with van der Waals surface area (Å²) < 4.78 is 5.11. The second-order valence-corrected chi connectivity index (χ2v) is 2.98. The molecule has 0 bridgehead atoms. The van der Waals surface area contributed by atoms with Gasteiger partial charge in [-0.1, -0.05) is 6.92 Å². The molecule has 0 spiro atoms. The zero-order chi connectivity index (χ0) is 6.85. The Morgan fingerprint density at radius 1 is 1.33 bits per heavy atom. The van der Waals surface area contributed by atoms with Crippen molar-refractivity contribution in [2.45, 2.75) is 39.1 Å². The second-order valence-electron chi connectivity index (χ2n) is 2.98. The first-order valence-electron chi connectivity index (χ1n) is 3.52. The molecule has 2 nitrogen and oxygen atoms in total. The highest BCUT2D eigenvalue weighted by molar-refractivity contribution is 4.66. The molecular formula is C7H14O2. The molecule has 2 heteroatoms. The van der Waals surface area contributed by atoms with E-state index >= 15 is 0 Å². The van der Waals surface area contributed by atoms with E-state index in [2.05, 4.69) is 6.92 Å². The van der Waals surface area contributed by atoms with Crippen LogP contribution in [0.25, 0.3) is 0 Å². The average molecular weight is 130 g/mol. The van der Waals surface area contributed by atoms with E-state index in [1.807, 2.05) is 6.92 Å². The molecule has 1 aliphatic rings. The Bertz CT molecular complexity index is 67.9. The van der Waals surface area contributed by atoms with Gasteiger partial charge >= 0.3 is 0 Å². The van der Waals surface area contributed by atoms with Gasteiger partial charge in [-0.2, -0.15) is 0 Å². The van der Waals surface area contributed by atoms with E-state index in [0.717, 1.165) is 12.8 Å². The van der Waals surface area contributed by atoms with Gasteiger partial charge in [-0.25, -0.2) is 0 Å². The fourth-order valence-corrected chi connectivity index (χ4v) is 1.39. The normalized spacial score (nSPS) is 45.0. The van der Waals surface area contributed by atoms with Crippen LogP contribution < -0.4 is 0 Å². The summed E-state index contributed by atoms with van der Waals surface area (Å²) in [5, 5.41) is 9.03. The summed E-state index contributed by atoms with van der Waals surface area (Å²) in [4.78, 5) is 0. The molecular weight excluding hydrogens is 116 g/mol. The topological polar surface area (TPSA) is 29.5 Å². The molecule has 1 rings (SSSR count). The Kier molecular flexibility index (Phi) is 2.09. The van der Waals surface area contributed by atoms with Gasteiger partial charge in [0.05, 0.1) is 6.10 Å². The van der Waals surface area contributed by atoms with Crippen LogP contribution >= 0.6 is 0 Å². The van der Waals surface area contributed by atoms with Gasteiger partial charge in [-0.3, -0.25) is 0 Å². The SMILES string of the molecule is CC1C[C@@H](C)O[C@@H](O)C1. The first kappa shape index (κ1) is 7.03. The van der Waals surface area contributed by atoms with E-state index in [0.29, 0.717) is 5.92 Å². The fourth-order valence-electron chi connectivity index (χ4n) is 1.39. The van der Waals surface area contributed by atoms with Crippen LogP contribution in [0.5, 0.6) is 0 Å². The van der Waals surface area contributed by atoms with Gasteiger partial charge in [-0.05, 0) is 19.3 Å². The third-order valence-electron chi connectivity index (χ3n) is 1.73. The van der Waals surface area contributed by atoms with Crippen molar-refractivity contribution in [3.8, 4) is 0 Å². The van der Waals surface area contributed by atoms with Crippen LogP contribution in [0.1, 0.15) is 26.7 Å². The Morgan fingerprint density at radius 2 is 2.00 bits per heavy atom. The number of ether oxygens (including phenoxy) is 1. The molecule has 1 saturated heterocycles. The molecule has 0 aromatic rings. The molecule has 9 heavy (non-hydrogen) atoms. The minimum Gasteiger partial charge on any atom is -0.368 e. The predicted molar refractivity (Wildman–Crippen MR) is 35.0 cm³/mol. The number of hydrogen-bond donors (Lipinski definition) is 1. The molecule has 3 atom stereocenters. The Hall–Kier alpha value is -0.0800. The molecule has 0 aliphatic carbocycles. The molecule has 54 valence electrons. The van der Waals surface area contributed by atoms with Gasteiger partial charge in [0.15, 0.2) is 6.29 Å². The van der Waals surface area contributed by atoms with Gasteiger partial charge in [-0.15, -0.1) is 0 Å². The van der Waals surface area contributed by atoms with E-state index in [4.69, 9.17) is 9.84 Å². The number of rotatable bonds is 0. The standard InChI is InChI=1S/C7H14O2/c1-5-3-6(2)9-7(8)4-5/h5-8H,3-4H2,1-2H3/t5?,6-,7-/m1/s1. The van der Waals surface area contributed by atoms with Crippen LogP contribution in [0.2, 0.25) is 0 Å². The highest BCUT2D eigenvalue weighted by Gasteiger charge is 2.21. The van der Waals surface area contributed by atoms with Crippen molar-refractivity contribution in [2.24, 2.45) is 5.92 Å². The summed E-state index contributed by atoms with van der Waals surface area (Å²) in [5.74, 6) is 0.615. The summed E-state index contributed by atoms with van der Waals surface area (Å²) in [6, 6.07) is 0. The summed E-state index contributed by atoms with van der Waals surface area (Å²) in [6.45, 7) is 4.14. The molecule has 0 amide bonds. The molecule has 1 unspecified atom stereocenters. The number of hydrogen-bond acceptors (Lipinski definition) is 2. The van der Waals surface area contributed by atoms with Gasteiger partial charge in [0, 0.05) is 6.42 Å². The molecule has 0 aromatic heterocycles. The van der Waals surface area contributed by atoms with Gasteiger partial charge in [0.25, 0.3) is 0 Å². The van der Waals surface area contributed by atoms with Crippen LogP contribution in [-0.4, -0.2) is 17.5 Å². The molecule has 0 saturated carbocycles. The first-order valence-corrected chi connectivity index (χ1v) is 3.52. The Balaban J connectivity index is 2.34. The minimum atomic E-state index is -0.510. The molecule has 1 N–H and O–H groups in total. The molecule has 1 heterocycles. The van der Waals surface area contributed by atoms with Crippen molar-refractivity contribution in [3.05, 3.63) is 0 Å². The number of aliphatic hydroxyl groups excluding tert-OH is 1. The Labute approximate surface area is 55.8 Å². The summed E-state index contributed by atoms with van der Waals surface area (Å²) in [5.41, 5.74) is 0. The quantitative estimate of drug-likeness (QED) is 0.533. The lowest BCUT2D eigenvalue weighted by Crippen LogP contribution is -2.29. The van der Waals surface area contributed by atoms with E-state index in [9.17, 15) is 0 Å². The Morgan fingerprint density at radius 3 is 2.44 bits per heavy atom. The smallest absolute Gasteiger partial charge is 0.155 e. The van der Waals surface area contributed by atoms with E-state index < -0.39 is 6.29 Å². The van der Waals surface area contributed by atoms with Gasteiger partial charge in [0.1, 0.15) is 0 Å². The minimum absolute atomic E-state index is 0.240. The van der Waals surface area contributed by atoms with Crippen LogP contribution in [0.4, 0.5) is 0 Å².